The van der Waals surface area contributed by atoms with E-state index in [4.69, 9.17) is 10.5 Å². The quantitative estimate of drug-likeness (QED) is 0.823. The van der Waals surface area contributed by atoms with E-state index in [0.29, 0.717) is 11.8 Å². The monoisotopic (exact) mass is 256 g/mol. The van der Waals surface area contributed by atoms with Crippen LogP contribution in [0.4, 0.5) is 11.6 Å². The molecule has 1 aromatic heterocycles. The Balaban J connectivity index is 1.82. The molecule has 5 nitrogen and oxygen atoms in total. The number of anilines is 2. The fourth-order valence-corrected chi connectivity index (χ4v) is 2.47. The molecular formula is C14H16N4O. The highest BCUT2D eigenvalue weighted by molar-refractivity contribution is 5.49. The first kappa shape index (κ1) is 11.8. The Morgan fingerprint density at radius 3 is 3.11 bits per heavy atom. The lowest BCUT2D eigenvalue weighted by molar-refractivity contribution is 0.397. The van der Waals surface area contributed by atoms with E-state index < -0.39 is 0 Å². The van der Waals surface area contributed by atoms with Crippen LogP contribution >= 0.6 is 0 Å². The van der Waals surface area contributed by atoms with Crippen molar-refractivity contribution in [3.63, 3.8) is 0 Å². The lowest BCUT2D eigenvalue weighted by atomic mass is 10.1. The normalized spacial score (nSPS) is 17.0. The molecule has 1 aliphatic rings. The second-order valence-corrected chi connectivity index (χ2v) is 4.62. The molecule has 3 rings (SSSR count). The van der Waals surface area contributed by atoms with E-state index in [9.17, 15) is 0 Å². The standard InChI is InChI=1S/C14H16N4O/c1-19-13-6-7-16-14(18-13)17-12-5-2-9-8-10(15)3-4-11(9)12/h3-4,6-8,12H,2,5,15H2,1H3,(H,16,17,18). The zero-order valence-electron chi connectivity index (χ0n) is 10.8. The number of hydrogen-bond acceptors (Lipinski definition) is 5. The van der Waals surface area contributed by atoms with Gasteiger partial charge in [-0.1, -0.05) is 6.07 Å². The molecule has 3 N–H and O–H groups in total. The Morgan fingerprint density at radius 1 is 1.37 bits per heavy atom. The first-order valence-corrected chi connectivity index (χ1v) is 6.28. The third kappa shape index (κ3) is 2.31. The molecule has 0 spiro atoms. The molecule has 0 aliphatic heterocycles. The van der Waals surface area contributed by atoms with Crippen LogP contribution in [0.5, 0.6) is 5.88 Å². The van der Waals surface area contributed by atoms with Crippen molar-refractivity contribution >= 4 is 11.6 Å². The number of ether oxygens (including phenoxy) is 1. The third-order valence-electron chi connectivity index (χ3n) is 3.39. The van der Waals surface area contributed by atoms with Crippen molar-refractivity contribution in [3.05, 3.63) is 41.6 Å². The van der Waals surface area contributed by atoms with Gasteiger partial charge >= 0.3 is 0 Å². The average molecular weight is 256 g/mol. The van der Waals surface area contributed by atoms with Gasteiger partial charge in [0, 0.05) is 18.0 Å². The van der Waals surface area contributed by atoms with Crippen molar-refractivity contribution in [2.24, 2.45) is 0 Å². The summed E-state index contributed by atoms with van der Waals surface area (Å²) in [6, 6.07) is 8.03. The van der Waals surface area contributed by atoms with Crippen molar-refractivity contribution in [3.8, 4) is 5.88 Å². The van der Waals surface area contributed by atoms with Gasteiger partial charge in [0.25, 0.3) is 0 Å². The number of nitrogens with zero attached hydrogens (tertiary/aromatic N) is 2. The van der Waals surface area contributed by atoms with Crippen molar-refractivity contribution in [1.82, 2.24) is 9.97 Å². The summed E-state index contributed by atoms with van der Waals surface area (Å²) < 4.78 is 5.10. The fraction of sp³-hybridized carbons (Fsp3) is 0.286. The van der Waals surface area contributed by atoms with Crippen molar-refractivity contribution in [2.45, 2.75) is 18.9 Å². The maximum absolute atomic E-state index is 5.81. The summed E-state index contributed by atoms with van der Waals surface area (Å²) in [5.41, 5.74) is 9.21. The second-order valence-electron chi connectivity index (χ2n) is 4.62. The molecule has 19 heavy (non-hydrogen) atoms. The smallest absolute Gasteiger partial charge is 0.226 e. The predicted octanol–water partition coefficient (Wildman–Crippen LogP) is 2.17. The van der Waals surface area contributed by atoms with Gasteiger partial charge in [-0.05, 0) is 36.1 Å². The number of hydrogen-bond donors (Lipinski definition) is 2. The number of benzene rings is 1. The highest BCUT2D eigenvalue weighted by Crippen LogP contribution is 2.34. The van der Waals surface area contributed by atoms with Crippen LogP contribution in [-0.2, 0) is 6.42 Å². The largest absolute Gasteiger partial charge is 0.481 e. The first-order chi connectivity index (χ1) is 9.26. The number of rotatable bonds is 3. The highest BCUT2D eigenvalue weighted by atomic mass is 16.5. The number of fused-ring (bicyclic) bond motifs is 1. The molecule has 5 heteroatoms. The average Bonchev–Trinajstić information content (AvgIpc) is 2.81. The van der Waals surface area contributed by atoms with E-state index in [1.165, 1.54) is 11.1 Å². The molecule has 1 heterocycles. The number of nitrogens with one attached hydrogen (secondary N) is 1. The molecule has 1 unspecified atom stereocenters. The summed E-state index contributed by atoms with van der Waals surface area (Å²) in [7, 11) is 1.60. The van der Waals surface area contributed by atoms with Crippen molar-refractivity contribution < 1.29 is 4.74 Å². The minimum Gasteiger partial charge on any atom is -0.481 e. The number of nitrogen functional groups attached to an aromatic ring is 1. The van der Waals surface area contributed by atoms with Gasteiger partial charge in [0.1, 0.15) is 0 Å². The Morgan fingerprint density at radius 2 is 2.26 bits per heavy atom. The summed E-state index contributed by atoms with van der Waals surface area (Å²) in [5.74, 6) is 1.15. The van der Waals surface area contributed by atoms with E-state index in [0.717, 1.165) is 18.5 Å². The van der Waals surface area contributed by atoms with Crippen LogP contribution < -0.4 is 15.8 Å². The maximum atomic E-state index is 5.81. The molecular weight excluding hydrogens is 240 g/mol. The maximum Gasteiger partial charge on any atom is 0.226 e. The number of nitrogens with two attached hydrogens (primary N) is 1. The van der Waals surface area contributed by atoms with Crippen LogP contribution in [-0.4, -0.2) is 17.1 Å². The lowest BCUT2D eigenvalue weighted by Crippen LogP contribution is -2.10. The van der Waals surface area contributed by atoms with Crippen LogP contribution in [0.2, 0.25) is 0 Å². The van der Waals surface area contributed by atoms with Gasteiger partial charge in [-0.25, -0.2) is 4.98 Å². The SMILES string of the molecule is COc1ccnc(NC2CCc3cc(N)ccc32)n1. The minimum absolute atomic E-state index is 0.239. The number of aromatic nitrogens is 2. The summed E-state index contributed by atoms with van der Waals surface area (Å²) in [6.07, 6.45) is 3.74. The summed E-state index contributed by atoms with van der Waals surface area (Å²) in [5, 5.41) is 3.35. The lowest BCUT2D eigenvalue weighted by Gasteiger charge is -2.14. The van der Waals surface area contributed by atoms with E-state index in [1.54, 1.807) is 19.4 Å². The van der Waals surface area contributed by atoms with E-state index in [1.807, 2.05) is 12.1 Å². The van der Waals surface area contributed by atoms with E-state index >= 15 is 0 Å². The van der Waals surface area contributed by atoms with Crippen LogP contribution in [0.1, 0.15) is 23.6 Å². The van der Waals surface area contributed by atoms with Gasteiger partial charge in [0.2, 0.25) is 11.8 Å². The molecule has 2 aromatic rings. The minimum atomic E-state index is 0.239. The zero-order valence-corrected chi connectivity index (χ0v) is 10.8. The van der Waals surface area contributed by atoms with E-state index in [2.05, 4.69) is 21.4 Å². The molecule has 0 fully saturated rings. The molecule has 1 atom stereocenters. The molecule has 98 valence electrons. The summed E-state index contributed by atoms with van der Waals surface area (Å²) in [6.45, 7) is 0. The van der Waals surface area contributed by atoms with E-state index in [-0.39, 0.29) is 6.04 Å². The van der Waals surface area contributed by atoms with Crippen LogP contribution in [0, 0.1) is 0 Å². The zero-order chi connectivity index (χ0) is 13.2. The topological polar surface area (TPSA) is 73.1 Å². The Labute approximate surface area is 111 Å². The van der Waals surface area contributed by atoms with Gasteiger partial charge < -0.3 is 15.8 Å². The molecule has 0 saturated carbocycles. The summed E-state index contributed by atoms with van der Waals surface area (Å²) >= 11 is 0. The highest BCUT2D eigenvalue weighted by Gasteiger charge is 2.23. The van der Waals surface area contributed by atoms with Gasteiger partial charge in [-0.15, -0.1) is 0 Å². The van der Waals surface area contributed by atoms with Crippen LogP contribution in [0.3, 0.4) is 0 Å². The van der Waals surface area contributed by atoms with Gasteiger partial charge in [-0.3, -0.25) is 0 Å². The van der Waals surface area contributed by atoms with Crippen molar-refractivity contribution in [2.75, 3.05) is 18.2 Å². The molecule has 0 bridgehead atoms. The van der Waals surface area contributed by atoms with Gasteiger partial charge in [0.15, 0.2) is 0 Å². The molecule has 1 aliphatic carbocycles. The number of aryl methyl sites for hydroxylation is 1. The molecule has 0 radical (unpaired) electrons. The Kier molecular flexibility index (Phi) is 2.95. The van der Waals surface area contributed by atoms with Crippen molar-refractivity contribution in [1.29, 1.82) is 0 Å². The Hall–Kier alpha value is -2.30. The predicted molar refractivity (Wildman–Crippen MR) is 74.1 cm³/mol. The summed E-state index contributed by atoms with van der Waals surface area (Å²) in [4.78, 5) is 8.49. The van der Waals surface area contributed by atoms with Gasteiger partial charge in [-0.2, -0.15) is 4.98 Å². The van der Waals surface area contributed by atoms with Crippen LogP contribution in [0.25, 0.3) is 0 Å². The molecule has 0 amide bonds. The van der Waals surface area contributed by atoms with Gasteiger partial charge in [0.05, 0.1) is 13.2 Å². The Bertz CT molecular complexity index is 600. The molecule has 0 saturated heterocycles. The molecule has 1 aromatic carbocycles. The fourth-order valence-electron chi connectivity index (χ4n) is 2.47. The first-order valence-electron chi connectivity index (χ1n) is 6.28. The second kappa shape index (κ2) is 4.76. The third-order valence-corrected chi connectivity index (χ3v) is 3.39. The number of methoxy groups -OCH3 is 1. The van der Waals surface area contributed by atoms with Crippen LogP contribution in [0.15, 0.2) is 30.5 Å².